The Bertz CT molecular complexity index is 1180. The lowest BCUT2D eigenvalue weighted by atomic mass is 10.0. The molecule has 0 bridgehead atoms. The summed E-state index contributed by atoms with van der Waals surface area (Å²) in [7, 11) is -2.18. The predicted molar refractivity (Wildman–Crippen MR) is 110 cm³/mol. The Morgan fingerprint density at radius 2 is 1.87 bits per heavy atom. The molecule has 0 unspecified atom stereocenters. The first-order chi connectivity index (χ1) is 14.1. The number of halogens is 1. The highest BCUT2D eigenvalue weighted by Gasteiger charge is 2.24. The van der Waals surface area contributed by atoms with Gasteiger partial charge >= 0.3 is 0 Å². The van der Waals surface area contributed by atoms with Gasteiger partial charge in [0.15, 0.2) is 0 Å². The zero-order valence-corrected chi connectivity index (χ0v) is 17.8. The van der Waals surface area contributed by atoms with Crippen molar-refractivity contribution in [2.24, 2.45) is 0 Å². The van der Waals surface area contributed by atoms with E-state index in [1.54, 1.807) is 12.1 Å². The molecule has 7 nitrogen and oxygen atoms in total. The number of carbonyl (C=O) groups is 1. The highest BCUT2D eigenvalue weighted by atomic mass is 32.2. The maximum atomic E-state index is 13.4. The minimum absolute atomic E-state index is 0.202. The van der Waals surface area contributed by atoms with Gasteiger partial charge in [0, 0.05) is 23.6 Å². The van der Waals surface area contributed by atoms with Crippen LogP contribution in [0.1, 0.15) is 29.8 Å². The number of benzene rings is 2. The normalized spacial score (nSPS) is 11.8. The molecule has 1 N–H and O–H groups in total. The summed E-state index contributed by atoms with van der Waals surface area (Å²) in [5.74, 6) is -0.160. The summed E-state index contributed by atoms with van der Waals surface area (Å²) in [6.45, 7) is 3.40. The van der Waals surface area contributed by atoms with Gasteiger partial charge in [0.05, 0.1) is 24.5 Å². The maximum absolute atomic E-state index is 13.4. The lowest BCUT2D eigenvalue weighted by Crippen LogP contribution is -2.18. The predicted octanol–water partition coefficient (Wildman–Crippen LogP) is 3.86. The Hall–Kier alpha value is -2.91. The van der Waals surface area contributed by atoms with E-state index < -0.39 is 15.9 Å². The summed E-state index contributed by atoms with van der Waals surface area (Å²) < 4.78 is 52.9. The van der Waals surface area contributed by atoms with Gasteiger partial charge in [0.2, 0.25) is 0 Å². The summed E-state index contributed by atoms with van der Waals surface area (Å²) in [5.41, 5.74) is 1.58. The van der Waals surface area contributed by atoms with Crippen molar-refractivity contribution in [2.75, 3.05) is 13.3 Å². The van der Waals surface area contributed by atoms with Gasteiger partial charge < -0.3 is 14.5 Å². The van der Waals surface area contributed by atoms with Crippen LogP contribution < -0.4 is 10.1 Å². The molecule has 1 heterocycles. The summed E-state index contributed by atoms with van der Waals surface area (Å²) in [5, 5.41) is 3.06. The monoisotopic (exact) mass is 435 g/mol. The molecule has 0 spiro atoms. The standard InChI is InChI=1S/C21H22FNO6S/c1-12(2)28-17-10-16-18(9-14(17)11-27-30(4,25)26)29-20(19(16)21(24)23-3)13-5-7-15(22)8-6-13/h5-10,12H,11H2,1-4H3,(H,23,24). The average molecular weight is 435 g/mol. The van der Waals surface area contributed by atoms with Gasteiger partial charge in [-0.15, -0.1) is 0 Å². The number of fused-ring (bicyclic) bond motifs is 1. The molecule has 0 atom stereocenters. The second-order valence-electron chi connectivity index (χ2n) is 6.98. The lowest BCUT2D eigenvalue weighted by Gasteiger charge is -2.14. The van der Waals surface area contributed by atoms with Gasteiger partial charge in [-0.25, -0.2) is 4.39 Å². The van der Waals surface area contributed by atoms with Gasteiger partial charge in [0.1, 0.15) is 22.9 Å². The van der Waals surface area contributed by atoms with Crippen LogP contribution >= 0.6 is 0 Å². The molecular formula is C21H22FNO6S. The van der Waals surface area contributed by atoms with Crippen molar-refractivity contribution in [2.45, 2.75) is 26.6 Å². The molecule has 0 fully saturated rings. The first kappa shape index (κ1) is 21.8. The van der Waals surface area contributed by atoms with E-state index in [0.717, 1.165) is 6.26 Å². The highest BCUT2D eigenvalue weighted by molar-refractivity contribution is 7.85. The number of hydrogen-bond acceptors (Lipinski definition) is 6. The van der Waals surface area contributed by atoms with Crippen LogP contribution in [0.25, 0.3) is 22.3 Å². The van der Waals surface area contributed by atoms with Crippen molar-refractivity contribution >= 4 is 27.0 Å². The van der Waals surface area contributed by atoms with Crippen molar-refractivity contribution < 1.29 is 30.9 Å². The SMILES string of the molecule is CNC(=O)c1c(-c2ccc(F)cc2)oc2cc(COS(C)(=O)=O)c(OC(C)C)cc12. The van der Waals surface area contributed by atoms with E-state index in [0.29, 0.717) is 27.8 Å². The van der Waals surface area contributed by atoms with Gasteiger partial charge in [0.25, 0.3) is 16.0 Å². The van der Waals surface area contributed by atoms with Crippen LogP contribution in [-0.2, 0) is 20.9 Å². The molecule has 1 amide bonds. The largest absolute Gasteiger partial charge is 0.491 e. The number of carbonyl (C=O) groups excluding carboxylic acids is 1. The van der Waals surface area contributed by atoms with E-state index in [2.05, 4.69) is 5.32 Å². The zero-order valence-electron chi connectivity index (χ0n) is 17.0. The number of amides is 1. The molecule has 0 saturated heterocycles. The van der Waals surface area contributed by atoms with Crippen LogP contribution in [0, 0.1) is 5.82 Å². The minimum atomic E-state index is -3.67. The third-order valence-electron chi connectivity index (χ3n) is 4.22. The summed E-state index contributed by atoms with van der Waals surface area (Å²) in [6, 6.07) is 8.77. The van der Waals surface area contributed by atoms with Crippen LogP contribution in [0.2, 0.25) is 0 Å². The topological polar surface area (TPSA) is 94.8 Å². The third-order valence-corrected chi connectivity index (χ3v) is 4.77. The minimum Gasteiger partial charge on any atom is -0.491 e. The van der Waals surface area contributed by atoms with Crippen LogP contribution in [0.5, 0.6) is 5.75 Å². The van der Waals surface area contributed by atoms with E-state index in [1.165, 1.54) is 31.3 Å². The van der Waals surface area contributed by atoms with Crippen molar-refractivity contribution in [3.05, 3.63) is 53.3 Å². The molecule has 0 radical (unpaired) electrons. The molecular weight excluding hydrogens is 413 g/mol. The van der Waals surface area contributed by atoms with Crippen molar-refractivity contribution in [3.63, 3.8) is 0 Å². The molecule has 0 aliphatic carbocycles. The molecule has 9 heteroatoms. The number of hydrogen-bond donors (Lipinski definition) is 1. The van der Waals surface area contributed by atoms with Crippen LogP contribution in [0.3, 0.4) is 0 Å². The van der Waals surface area contributed by atoms with Crippen molar-refractivity contribution in [3.8, 4) is 17.1 Å². The number of nitrogens with one attached hydrogen (secondary N) is 1. The van der Waals surface area contributed by atoms with Crippen LogP contribution in [-0.4, -0.2) is 33.7 Å². The molecule has 1 aromatic heterocycles. The molecule has 0 saturated carbocycles. The Kier molecular flexibility index (Phi) is 6.14. The van der Waals surface area contributed by atoms with E-state index in [-0.39, 0.29) is 29.9 Å². The van der Waals surface area contributed by atoms with Crippen molar-refractivity contribution in [1.82, 2.24) is 5.32 Å². The number of rotatable bonds is 7. The smallest absolute Gasteiger partial charge is 0.264 e. The second kappa shape index (κ2) is 8.45. The van der Waals surface area contributed by atoms with E-state index in [9.17, 15) is 17.6 Å². The van der Waals surface area contributed by atoms with Crippen molar-refractivity contribution in [1.29, 1.82) is 0 Å². The Morgan fingerprint density at radius 3 is 2.43 bits per heavy atom. The van der Waals surface area contributed by atoms with Gasteiger partial charge in [-0.2, -0.15) is 8.42 Å². The van der Waals surface area contributed by atoms with Gasteiger partial charge in [-0.05, 0) is 50.2 Å². The maximum Gasteiger partial charge on any atom is 0.264 e. The van der Waals surface area contributed by atoms with E-state index in [1.807, 2.05) is 13.8 Å². The van der Waals surface area contributed by atoms with Crippen LogP contribution in [0.4, 0.5) is 4.39 Å². The Balaban J connectivity index is 2.23. The van der Waals surface area contributed by atoms with E-state index in [4.69, 9.17) is 13.3 Å². The van der Waals surface area contributed by atoms with Gasteiger partial charge in [-0.3, -0.25) is 8.98 Å². The zero-order chi connectivity index (χ0) is 22.1. The van der Waals surface area contributed by atoms with E-state index >= 15 is 0 Å². The van der Waals surface area contributed by atoms with Crippen LogP contribution in [0.15, 0.2) is 40.8 Å². The molecule has 0 aliphatic rings. The molecule has 2 aromatic carbocycles. The number of furan rings is 1. The quantitative estimate of drug-likeness (QED) is 0.566. The summed E-state index contributed by atoms with van der Waals surface area (Å²) in [6.07, 6.45) is 0.754. The summed E-state index contributed by atoms with van der Waals surface area (Å²) >= 11 is 0. The fraction of sp³-hybridized carbons (Fsp3) is 0.286. The second-order valence-corrected chi connectivity index (χ2v) is 8.63. The molecule has 160 valence electrons. The fourth-order valence-electron chi connectivity index (χ4n) is 2.97. The fourth-order valence-corrected chi connectivity index (χ4v) is 3.31. The molecule has 0 aliphatic heterocycles. The first-order valence-corrected chi connectivity index (χ1v) is 11.0. The average Bonchev–Trinajstić information content (AvgIpc) is 3.03. The highest BCUT2D eigenvalue weighted by Crippen LogP contribution is 2.38. The molecule has 30 heavy (non-hydrogen) atoms. The van der Waals surface area contributed by atoms with Gasteiger partial charge in [-0.1, -0.05) is 0 Å². The first-order valence-electron chi connectivity index (χ1n) is 9.17. The molecule has 3 rings (SSSR count). The lowest BCUT2D eigenvalue weighted by molar-refractivity contribution is 0.0964. The Labute approximate surface area is 173 Å². The Morgan fingerprint density at radius 1 is 1.20 bits per heavy atom. The molecule has 3 aromatic rings. The number of ether oxygens (including phenoxy) is 1. The summed E-state index contributed by atoms with van der Waals surface area (Å²) in [4.78, 5) is 12.6. The third kappa shape index (κ3) is 4.80.